The van der Waals surface area contributed by atoms with E-state index in [4.69, 9.17) is 4.74 Å². The molecule has 1 aromatic carbocycles. The highest BCUT2D eigenvalue weighted by Crippen LogP contribution is 2.40. The van der Waals surface area contributed by atoms with Crippen LogP contribution in [0.25, 0.3) is 10.9 Å². The Hall–Kier alpha value is -3.02. The highest BCUT2D eigenvalue weighted by Gasteiger charge is 2.47. The molecule has 2 aromatic heterocycles. The van der Waals surface area contributed by atoms with Crippen molar-refractivity contribution in [2.24, 2.45) is 7.05 Å². The fourth-order valence-electron chi connectivity index (χ4n) is 4.18. The minimum atomic E-state index is -1.06. The smallest absolute Gasteiger partial charge is 0.348 e. The number of aliphatic carboxylic acids is 1. The first-order chi connectivity index (χ1) is 13.1. The van der Waals surface area contributed by atoms with Crippen molar-refractivity contribution in [3.8, 4) is 5.75 Å². The summed E-state index contributed by atoms with van der Waals surface area (Å²) in [5.74, 6) is 0.679. The molecule has 0 bridgehead atoms. The van der Waals surface area contributed by atoms with Gasteiger partial charge in [-0.15, -0.1) is 0 Å². The Morgan fingerprint density at radius 2 is 2.22 bits per heavy atom. The summed E-state index contributed by atoms with van der Waals surface area (Å²) in [5.41, 5.74) is 2.43. The van der Waals surface area contributed by atoms with Crippen LogP contribution in [-0.2, 0) is 18.3 Å². The highest BCUT2D eigenvalue weighted by atomic mass is 16.5. The molecule has 3 heterocycles. The van der Waals surface area contributed by atoms with Gasteiger partial charge in [-0.2, -0.15) is 0 Å². The van der Waals surface area contributed by atoms with Crippen LogP contribution in [0.5, 0.6) is 5.75 Å². The Bertz CT molecular complexity index is 1030. The van der Waals surface area contributed by atoms with Crippen LogP contribution in [0.1, 0.15) is 36.4 Å². The van der Waals surface area contributed by atoms with E-state index < -0.39 is 11.6 Å². The van der Waals surface area contributed by atoms with Gasteiger partial charge in [-0.1, -0.05) is 6.07 Å². The second kappa shape index (κ2) is 5.74. The predicted molar refractivity (Wildman–Crippen MR) is 102 cm³/mol. The van der Waals surface area contributed by atoms with Crippen LogP contribution in [0.2, 0.25) is 0 Å². The Labute approximate surface area is 156 Å². The topological polar surface area (TPSA) is 76.4 Å². The number of anilines is 1. The van der Waals surface area contributed by atoms with Crippen LogP contribution in [0.3, 0.4) is 0 Å². The number of ether oxygens (including phenoxy) is 1. The lowest BCUT2D eigenvalue weighted by molar-refractivity contribution is -0.163. The first-order valence-corrected chi connectivity index (χ1v) is 9.28. The Morgan fingerprint density at radius 3 is 2.93 bits per heavy atom. The second-order valence-corrected chi connectivity index (χ2v) is 7.54. The summed E-state index contributed by atoms with van der Waals surface area (Å²) in [7, 11) is 2.03. The van der Waals surface area contributed by atoms with Gasteiger partial charge < -0.3 is 19.7 Å². The van der Waals surface area contributed by atoms with Crippen molar-refractivity contribution in [1.82, 2.24) is 9.55 Å². The summed E-state index contributed by atoms with van der Waals surface area (Å²) in [5, 5.41) is 14.1. The van der Waals surface area contributed by atoms with Crippen LogP contribution in [0, 0.1) is 0 Å². The monoisotopic (exact) mass is 363 g/mol. The molecule has 6 nitrogen and oxygen atoms in total. The Balaban J connectivity index is 1.52. The molecule has 1 atom stereocenters. The zero-order chi connectivity index (χ0) is 18.6. The number of nitrogens with one attached hydrogen (secondary N) is 1. The number of rotatable bonds is 4. The minimum Gasteiger partial charge on any atom is -0.478 e. The molecule has 27 heavy (non-hydrogen) atoms. The van der Waals surface area contributed by atoms with Crippen molar-refractivity contribution < 1.29 is 14.6 Å². The van der Waals surface area contributed by atoms with E-state index >= 15 is 0 Å². The van der Waals surface area contributed by atoms with Gasteiger partial charge in [0.05, 0.1) is 6.04 Å². The molecule has 1 saturated carbocycles. The third-order valence-corrected chi connectivity index (χ3v) is 5.86. The molecule has 1 aliphatic carbocycles. The first kappa shape index (κ1) is 16.2. The van der Waals surface area contributed by atoms with E-state index in [0.29, 0.717) is 18.6 Å². The maximum atomic E-state index is 11.6. The molecule has 0 radical (unpaired) electrons. The molecule has 2 aliphatic rings. The molecule has 6 heteroatoms. The average Bonchev–Trinajstić information content (AvgIpc) is 3.19. The molecule has 0 spiro atoms. The zero-order valence-electron chi connectivity index (χ0n) is 15.1. The van der Waals surface area contributed by atoms with Gasteiger partial charge in [-0.25, -0.2) is 9.78 Å². The lowest BCUT2D eigenvalue weighted by Gasteiger charge is -2.37. The van der Waals surface area contributed by atoms with Crippen LogP contribution >= 0.6 is 0 Å². The van der Waals surface area contributed by atoms with Gasteiger partial charge in [0.15, 0.2) is 0 Å². The van der Waals surface area contributed by atoms with E-state index in [9.17, 15) is 9.90 Å². The Kier molecular flexibility index (Phi) is 3.44. The molecular formula is C21H21N3O3. The maximum Gasteiger partial charge on any atom is 0.348 e. The van der Waals surface area contributed by atoms with Crippen LogP contribution in [0.4, 0.5) is 5.82 Å². The Morgan fingerprint density at radius 1 is 1.37 bits per heavy atom. The molecule has 138 valence electrons. The summed E-state index contributed by atoms with van der Waals surface area (Å²) in [6.07, 6.45) is 6.83. The molecule has 0 saturated heterocycles. The van der Waals surface area contributed by atoms with Crippen molar-refractivity contribution in [3.63, 3.8) is 0 Å². The second-order valence-electron chi connectivity index (χ2n) is 7.54. The van der Waals surface area contributed by atoms with Gasteiger partial charge in [-0.3, -0.25) is 0 Å². The number of pyridine rings is 1. The zero-order valence-corrected chi connectivity index (χ0v) is 15.1. The largest absolute Gasteiger partial charge is 0.478 e. The number of aryl methyl sites for hydroxylation is 1. The highest BCUT2D eigenvalue weighted by molar-refractivity contribution is 5.87. The van der Waals surface area contributed by atoms with Crippen molar-refractivity contribution >= 4 is 22.7 Å². The number of carboxylic acid groups (broad SMARTS) is 1. The summed E-state index contributed by atoms with van der Waals surface area (Å²) >= 11 is 0. The van der Waals surface area contributed by atoms with Crippen LogP contribution < -0.4 is 10.1 Å². The number of hydrogen-bond donors (Lipinski definition) is 2. The van der Waals surface area contributed by atoms with Crippen LogP contribution in [0.15, 0.2) is 42.7 Å². The fourth-order valence-corrected chi connectivity index (χ4v) is 4.18. The number of fused-ring (bicyclic) bond motifs is 2. The summed E-state index contributed by atoms with van der Waals surface area (Å²) in [4.78, 5) is 16.0. The maximum absolute atomic E-state index is 11.6. The number of hydrogen-bond acceptors (Lipinski definition) is 4. The van der Waals surface area contributed by atoms with Crippen molar-refractivity contribution in [2.75, 3.05) is 5.32 Å². The molecule has 1 unspecified atom stereocenters. The molecule has 1 fully saturated rings. The van der Waals surface area contributed by atoms with E-state index in [1.165, 1.54) is 11.1 Å². The molecule has 2 N–H and O–H groups in total. The average molecular weight is 363 g/mol. The van der Waals surface area contributed by atoms with E-state index in [2.05, 4.69) is 27.1 Å². The third-order valence-electron chi connectivity index (χ3n) is 5.86. The molecule has 5 rings (SSSR count). The first-order valence-electron chi connectivity index (χ1n) is 9.28. The molecular weight excluding hydrogens is 342 g/mol. The van der Waals surface area contributed by atoms with Gasteiger partial charge in [0.2, 0.25) is 5.60 Å². The predicted octanol–water partition coefficient (Wildman–Crippen LogP) is 3.67. The van der Waals surface area contributed by atoms with Crippen molar-refractivity contribution in [3.05, 3.63) is 53.9 Å². The van der Waals surface area contributed by atoms with Gasteiger partial charge in [0.25, 0.3) is 0 Å². The quantitative estimate of drug-likeness (QED) is 0.740. The van der Waals surface area contributed by atoms with E-state index in [0.717, 1.165) is 29.6 Å². The fraction of sp³-hybridized carbons (Fsp3) is 0.333. The molecule has 1 aliphatic heterocycles. The number of benzene rings is 1. The summed E-state index contributed by atoms with van der Waals surface area (Å²) in [6.45, 7) is 0. The summed E-state index contributed by atoms with van der Waals surface area (Å²) in [6, 6.07) is 10.1. The number of aromatic nitrogens is 2. The lowest BCUT2D eigenvalue weighted by atomic mass is 9.80. The van der Waals surface area contributed by atoms with E-state index in [1.54, 1.807) is 6.20 Å². The summed E-state index contributed by atoms with van der Waals surface area (Å²) < 4.78 is 8.05. The van der Waals surface area contributed by atoms with Crippen molar-refractivity contribution in [2.45, 2.75) is 37.3 Å². The number of carbonyl (C=O) groups is 1. The SMILES string of the molecule is Cn1cc(C2Cc3cccnc3N2)c2cc(OC3(C(=O)O)CCC3)ccc21. The van der Waals surface area contributed by atoms with Gasteiger partial charge in [-0.05, 0) is 49.1 Å². The minimum absolute atomic E-state index is 0.144. The van der Waals surface area contributed by atoms with Crippen LogP contribution in [-0.4, -0.2) is 26.2 Å². The number of nitrogens with zero attached hydrogens (tertiary/aromatic N) is 2. The lowest BCUT2D eigenvalue weighted by Crippen LogP contribution is -2.50. The standard InChI is InChI=1S/C21H21N3O3/c1-24-12-16(17-10-13-4-2-9-22-19(13)23-17)15-11-14(5-6-18(15)24)27-21(20(25)26)7-3-8-21/h2,4-6,9,11-12,17H,3,7-8,10H2,1H3,(H,22,23)(H,25,26). The van der Waals surface area contributed by atoms with Gasteiger partial charge in [0, 0.05) is 42.3 Å². The van der Waals surface area contributed by atoms with E-state index in [1.807, 2.05) is 31.3 Å². The van der Waals surface area contributed by atoms with Gasteiger partial charge in [0.1, 0.15) is 11.6 Å². The van der Waals surface area contributed by atoms with Crippen molar-refractivity contribution in [1.29, 1.82) is 0 Å². The number of carboxylic acids is 1. The van der Waals surface area contributed by atoms with E-state index in [-0.39, 0.29) is 6.04 Å². The molecule has 0 amide bonds. The molecule has 3 aromatic rings. The normalized spacial score (nSPS) is 20.0. The van der Waals surface area contributed by atoms with Gasteiger partial charge >= 0.3 is 5.97 Å². The third kappa shape index (κ3) is 2.47.